The summed E-state index contributed by atoms with van der Waals surface area (Å²) in [6.07, 6.45) is 2.92. The number of benzene rings is 1. The molecule has 1 unspecified atom stereocenters. The van der Waals surface area contributed by atoms with Crippen LogP contribution < -0.4 is 9.46 Å². The Balaban J connectivity index is 1.80. The molecule has 2 rings (SSSR count). The van der Waals surface area contributed by atoms with Gasteiger partial charge in [-0.2, -0.15) is 0 Å². The predicted molar refractivity (Wildman–Crippen MR) is 88.8 cm³/mol. The molecule has 1 heterocycles. The van der Waals surface area contributed by atoms with E-state index in [1.165, 1.54) is 12.8 Å². The summed E-state index contributed by atoms with van der Waals surface area (Å²) in [7, 11) is -1.63. The highest BCUT2D eigenvalue weighted by molar-refractivity contribution is 7.89. The first kappa shape index (κ1) is 17.2. The van der Waals surface area contributed by atoms with Crippen LogP contribution in [0.25, 0.3) is 0 Å². The standard InChI is InChI=1S/C16H26N2O3S/c1-14(18-9-3-4-10-18)13-17-22(19,20)11-8-15-6-5-7-16(12-15)21-2/h5-7,12,14,17H,3-4,8-11,13H2,1-2H3. The number of sulfonamides is 1. The van der Waals surface area contributed by atoms with Gasteiger partial charge in [-0.05, 0) is 57.0 Å². The maximum atomic E-state index is 12.1. The van der Waals surface area contributed by atoms with Crippen molar-refractivity contribution in [2.75, 3.05) is 32.5 Å². The van der Waals surface area contributed by atoms with Crippen LogP contribution in [0.2, 0.25) is 0 Å². The first-order valence-electron chi connectivity index (χ1n) is 7.84. The number of hydrogen-bond acceptors (Lipinski definition) is 4. The van der Waals surface area contributed by atoms with E-state index in [0.717, 1.165) is 24.4 Å². The van der Waals surface area contributed by atoms with Gasteiger partial charge in [-0.25, -0.2) is 13.1 Å². The number of hydrogen-bond donors (Lipinski definition) is 1. The van der Waals surface area contributed by atoms with Crippen LogP contribution >= 0.6 is 0 Å². The normalized spacial score (nSPS) is 17.5. The topological polar surface area (TPSA) is 58.6 Å². The van der Waals surface area contributed by atoms with Gasteiger partial charge in [0.25, 0.3) is 0 Å². The van der Waals surface area contributed by atoms with Gasteiger partial charge in [-0.3, -0.25) is 4.90 Å². The monoisotopic (exact) mass is 326 g/mol. The molecule has 6 heteroatoms. The van der Waals surface area contributed by atoms with E-state index < -0.39 is 10.0 Å². The summed E-state index contributed by atoms with van der Waals surface area (Å²) in [5.74, 6) is 0.859. The third-order valence-electron chi connectivity index (χ3n) is 4.16. The molecule has 0 bridgehead atoms. The Morgan fingerprint density at radius 2 is 2.05 bits per heavy atom. The minimum absolute atomic E-state index is 0.104. The highest BCUT2D eigenvalue weighted by Crippen LogP contribution is 2.14. The van der Waals surface area contributed by atoms with Gasteiger partial charge >= 0.3 is 0 Å². The Morgan fingerprint density at radius 3 is 2.73 bits per heavy atom. The van der Waals surface area contributed by atoms with Crippen molar-refractivity contribution in [1.82, 2.24) is 9.62 Å². The van der Waals surface area contributed by atoms with Crippen molar-refractivity contribution in [3.8, 4) is 5.75 Å². The van der Waals surface area contributed by atoms with Crippen molar-refractivity contribution in [3.05, 3.63) is 29.8 Å². The minimum Gasteiger partial charge on any atom is -0.497 e. The molecule has 1 aliphatic rings. The number of nitrogens with zero attached hydrogens (tertiary/aromatic N) is 1. The van der Waals surface area contributed by atoms with E-state index in [1.807, 2.05) is 24.3 Å². The fraction of sp³-hybridized carbons (Fsp3) is 0.625. The van der Waals surface area contributed by atoms with Gasteiger partial charge in [-0.15, -0.1) is 0 Å². The van der Waals surface area contributed by atoms with Gasteiger partial charge in [-0.1, -0.05) is 12.1 Å². The average Bonchev–Trinajstić information content (AvgIpc) is 3.05. The van der Waals surface area contributed by atoms with Gasteiger partial charge < -0.3 is 4.74 Å². The molecule has 0 aromatic heterocycles. The molecule has 1 fully saturated rings. The molecule has 0 spiro atoms. The van der Waals surface area contributed by atoms with Crippen molar-refractivity contribution in [2.24, 2.45) is 0 Å². The number of nitrogens with one attached hydrogen (secondary N) is 1. The Kier molecular flexibility index (Phi) is 6.23. The van der Waals surface area contributed by atoms with Crippen LogP contribution in [-0.4, -0.2) is 51.9 Å². The second kappa shape index (κ2) is 7.94. The number of methoxy groups -OCH3 is 1. The number of ether oxygens (including phenoxy) is 1. The molecule has 1 aliphatic heterocycles. The Bertz CT molecular complexity index is 569. The first-order chi connectivity index (χ1) is 10.5. The highest BCUT2D eigenvalue weighted by Gasteiger charge is 2.20. The molecular formula is C16H26N2O3S. The second-order valence-corrected chi connectivity index (χ2v) is 7.79. The lowest BCUT2D eigenvalue weighted by Crippen LogP contribution is -2.41. The average molecular weight is 326 g/mol. The van der Waals surface area contributed by atoms with Crippen LogP contribution in [0, 0.1) is 0 Å². The van der Waals surface area contributed by atoms with E-state index >= 15 is 0 Å². The largest absolute Gasteiger partial charge is 0.497 e. The van der Waals surface area contributed by atoms with Gasteiger partial charge in [0.05, 0.1) is 12.9 Å². The number of likely N-dealkylation sites (tertiary alicyclic amines) is 1. The van der Waals surface area contributed by atoms with Crippen molar-refractivity contribution < 1.29 is 13.2 Å². The van der Waals surface area contributed by atoms with E-state index in [-0.39, 0.29) is 11.8 Å². The molecule has 0 saturated carbocycles. The summed E-state index contributed by atoms with van der Waals surface area (Å²) >= 11 is 0. The van der Waals surface area contributed by atoms with Gasteiger partial charge in [0.2, 0.25) is 10.0 Å². The van der Waals surface area contributed by atoms with Crippen molar-refractivity contribution in [1.29, 1.82) is 0 Å². The van der Waals surface area contributed by atoms with Crippen LogP contribution in [0.15, 0.2) is 24.3 Å². The number of aryl methyl sites for hydroxylation is 1. The van der Waals surface area contributed by atoms with Crippen LogP contribution in [-0.2, 0) is 16.4 Å². The first-order valence-corrected chi connectivity index (χ1v) is 9.50. The molecule has 22 heavy (non-hydrogen) atoms. The molecule has 1 saturated heterocycles. The Morgan fingerprint density at radius 1 is 1.32 bits per heavy atom. The lowest BCUT2D eigenvalue weighted by molar-refractivity contribution is 0.260. The van der Waals surface area contributed by atoms with Crippen molar-refractivity contribution in [3.63, 3.8) is 0 Å². The summed E-state index contributed by atoms with van der Waals surface area (Å²) in [6.45, 7) is 4.72. The lowest BCUT2D eigenvalue weighted by atomic mass is 10.2. The fourth-order valence-corrected chi connectivity index (χ4v) is 3.86. The van der Waals surface area contributed by atoms with Gasteiger partial charge in [0.15, 0.2) is 0 Å². The summed E-state index contributed by atoms with van der Waals surface area (Å²) in [5, 5.41) is 0. The summed E-state index contributed by atoms with van der Waals surface area (Å²) < 4.78 is 32.1. The van der Waals surface area contributed by atoms with Gasteiger partial charge in [0, 0.05) is 12.6 Å². The Hall–Kier alpha value is -1.11. The lowest BCUT2D eigenvalue weighted by Gasteiger charge is -2.23. The predicted octanol–water partition coefficient (Wildman–Crippen LogP) is 1.64. The quantitative estimate of drug-likeness (QED) is 0.789. The molecule has 1 aromatic carbocycles. The zero-order chi connectivity index (χ0) is 16.0. The maximum Gasteiger partial charge on any atom is 0.211 e. The minimum atomic E-state index is -3.24. The zero-order valence-corrected chi connectivity index (χ0v) is 14.2. The molecule has 1 N–H and O–H groups in total. The summed E-state index contributed by atoms with van der Waals surface area (Å²) in [5.41, 5.74) is 0.970. The van der Waals surface area contributed by atoms with Crippen LogP contribution in [0.4, 0.5) is 0 Å². The maximum absolute atomic E-state index is 12.1. The molecule has 1 atom stereocenters. The van der Waals surface area contributed by atoms with Crippen LogP contribution in [0.1, 0.15) is 25.3 Å². The molecule has 0 aliphatic carbocycles. The SMILES string of the molecule is COc1cccc(CCS(=O)(=O)NCC(C)N2CCCC2)c1. The van der Waals surface area contributed by atoms with E-state index in [9.17, 15) is 8.42 Å². The highest BCUT2D eigenvalue weighted by atomic mass is 32.2. The molecule has 0 radical (unpaired) electrons. The van der Waals surface area contributed by atoms with E-state index in [2.05, 4.69) is 16.5 Å². The number of rotatable bonds is 8. The van der Waals surface area contributed by atoms with Crippen LogP contribution in [0.3, 0.4) is 0 Å². The molecule has 124 valence electrons. The smallest absolute Gasteiger partial charge is 0.211 e. The zero-order valence-electron chi connectivity index (χ0n) is 13.4. The van der Waals surface area contributed by atoms with Crippen LogP contribution in [0.5, 0.6) is 5.75 Å². The van der Waals surface area contributed by atoms with E-state index in [0.29, 0.717) is 13.0 Å². The van der Waals surface area contributed by atoms with E-state index in [1.54, 1.807) is 7.11 Å². The van der Waals surface area contributed by atoms with Crippen molar-refractivity contribution >= 4 is 10.0 Å². The van der Waals surface area contributed by atoms with Gasteiger partial charge in [0.1, 0.15) is 5.75 Å². The molecular weight excluding hydrogens is 300 g/mol. The summed E-state index contributed by atoms with van der Waals surface area (Å²) in [6, 6.07) is 7.79. The molecule has 0 amide bonds. The van der Waals surface area contributed by atoms with Crippen molar-refractivity contribution in [2.45, 2.75) is 32.2 Å². The summed E-state index contributed by atoms with van der Waals surface area (Å²) in [4.78, 5) is 2.34. The van der Waals surface area contributed by atoms with E-state index in [4.69, 9.17) is 4.74 Å². The molecule has 1 aromatic rings. The Labute approximate surface area is 133 Å². The second-order valence-electron chi connectivity index (χ2n) is 5.86. The fourth-order valence-electron chi connectivity index (χ4n) is 2.71. The molecule has 5 nitrogen and oxygen atoms in total. The third-order valence-corrected chi connectivity index (χ3v) is 5.50. The third kappa shape index (κ3) is 5.26.